The Kier molecular flexibility index (Phi) is 3.68. The van der Waals surface area contributed by atoms with Gasteiger partial charge in [-0.1, -0.05) is 25.8 Å². The molecular formula is C20H29NO. The number of hydrogen-bond acceptors (Lipinski definition) is 2. The number of nitrogens with zero attached hydrogens (tertiary/aromatic N) is 1. The van der Waals surface area contributed by atoms with E-state index in [-0.39, 0.29) is 0 Å². The van der Waals surface area contributed by atoms with Gasteiger partial charge in [0, 0.05) is 11.5 Å². The van der Waals surface area contributed by atoms with E-state index in [9.17, 15) is 0 Å². The Labute approximate surface area is 134 Å². The Morgan fingerprint density at radius 1 is 1.27 bits per heavy atom. The third kappa shape index (κ3) is 2.11. The maximum atomic E-state index is 5.95. The zero-order valence-corrected chi connectivity index (χ0v) is 14.1. The third-order valence-electron chi connectivity index (χ3n) is 6.56. The highest BCUT2D eigenvalue weighted by atomic mass is 16.5. The van der Waals surface area contributed by atoms with Gasteiger partial charge in [0.25, 0.3) is 0 Å². The molecule has 1 aliphatic heterocycles. The first kappa shape index (κ1) is 14.6. The summed E-state index contributed by atoms with van der Waals surface area (Å²) in [6.45, 7) is 4.27. The number of piperidine rings is 1. The van der Waals surface area contributed by atoms with E-state index in [4.69, 9.17) is 4.74 Å². The van der Waals surface area contributed by atoms with E-state index >= 15 is 0 Å². The minimum absolute atomic E-state index is 0.453. The third-order valence-corrected chi connectivity index (χ3v) is 6.56. The number of likely N-dealkylation sites (N-methyl/N-ethyl adjacent to an activating group) is 1. The number of ether oxygens (including phenoxy) is 1. The van der Waals surface area contributed by atoms with Gasteiger partial charge in [-0.3, -0.25) is 0 Å². The highest BCUT2D eigenvalue weighted by Gasteiger charge is 2.53. The Morgan fingerprint density at radius 3 is 3.05 bits per heavy atom. The molecule has 2 aliphatic carbocycles. The van der Waals surface area contributed by atoms with Gasteiger partial charge in [-0.25, -0.2) is 0 Å². The Morgan fingerprint density at radius 2 is 2.18 bits per heavy atom. The first-order valence-electron chi connectivity index (χ1n) is 9.21. The highest BCUT2D eigenvalue weighted by molar-refractivity contribution is 5.45. The molecule has 1 saturated carbocycles. The monoisotopic (exact) mass is 299 g/mol. The largest absolute Gasteiger partial charge is 0.494 e. The molecule has 120 valence electrons. The van der Waals surface area contributed by atoms with E-state index in [1.807, 2.05) is 0 Å². The van der Waals surface area contributed by atoms with Crippen LogP contribution in [0.1, 0.15) is 56.6 Å². The normalized spacial score (nSPS) is 33.9. The van der Waals surface area contributed by atoms with Gasteiger partial charge < -0.3 is 9.64 Å². The molecule has 4 rings (SSSR count). The summed E-state index contributed by atoms with van der Waals surface area (Å²) in [7, 11) is 2.34. The van der Waals surface area contributed by atoms with Crippen LogP contribution in [0.5, 0.6) is 5.75 Å². The van der Waals surface area contributed by atoms with Crippen LogP contribution in [0, 0.1) is 5.92 Å². The van der Waals surface area contributed by atoms with Crippen LogP contribution in [0.3, 0.4) is 0 Å². The molecule has 1 aromatic rings. The smallest absolute Gasteiger partial charge is 0.119 e. The van der Waals surface area contributed by atoms with Gasteiger partial charge in [0.05, 0.1) is 6.61 Å². The van der Waals surface area contributed by atoms with Crippen LogP contribution < -0.4 is 4.74 Å². The van der Waals surface area contributed by atoms with Crippen LogP contribution in [0.25, 0.3) is 0 Å². The van der Waals surface area contributed by atoms with Crippen LogP contribution in [0.15, 0.2) is 18.2 Å². The number of benzene rings is 1. The summed E-state index contributed by atoms with van der Waals surface area (Å²) in [5.41, 5.74) is 3.70. The van der Waals surface area contributed by atoms with Crippen molar-refractivity contribution in [3.8, 4) is 5.75 Å². The van der Waals surface area contributed by atoms with Gasteiger partial charge in [-0.15, -0.1) is 0 Å². The van der Waals surface area contributed by atoms with E-state index in [0.717, 1.165) is 30.7 Å². The predicted octanol–water partition coefficient (Wildman–Crippen LogP) is 4.16. The van der Waals surface area contributed by atoms with Crippen molar-refractivity contribution >= 4 is 0 Å². The van der Waals surface area contributed by atoms with Gasteiger partial charge in [0.15, 0.2) is 0 Å². The minimum atomic E-state index is 0.453. The Bertz CT molecular complexity index is 555. The first-order chi connectivity index (χ1) is 10.7. The number of likely N-dealkylation sites (tertiary alicyclic amines) is 1. The molecule has 22 heavy (non-hydrogen) atoms. The number of fused-ring (bicyclic) bond motifs is 1. The fraction of sp³-hybridized carbons (Fsp3) is 0.700. The van der Waals surface area contributed by atoms with Gasteiger partial charge in [0.2, 0.25) is 0 Å². The van der Waals surface area contributed by atoms with Crippen molar-refractivity contribution in [2.24, 2.45) is 5.92 Å². The van der Waals surface area contributed by atoms with E-state index in [1.54, 1.807) is 11.1 Å². The molecule has 2 heteroatoms. The summed E-state index contributed by atoms with van der Waals surface area (Å²) in [5, 5.41) is 0. The van der Waals surface area contributed by atoms with Crippen molar-refractivity contribution in [2.75, 3.05) is 20.2 Å². The Balaban J connectivity index is 1.77. The summed E-state index contributed by atoms with van der Waals surface area (Å²) < 4.78 is 5.95. The van der Waals surface area contributed by atoms with Crippen molar-refractivity contribution < 1.29 is 4.74 Å². The van der Waals surface area contributed by atoms with Crippen molar-refractivity contribution in [3.05, 3.63) is 29.3 Å². The average molecular weight is 299 g/mol. The molecular weight excluding hydrogens is 270 g/mol. The van der Waals surface area contributed by atoms with Gasteiger partial charge in [0.1, 0.15) is 5.75 Å². The van der Waals surface area contributed by atoms with Crippen LogP contribution in [-0.2, 0) is 11.8 Å². The minimum Gasteiger partial charge on any atom is -0.494 e. The lowest BCUT2D eigenvalue weighted by molar-refractivity contribution is 0.00271. The Hall–Kier alpha value is -1.02. The lowest BCUT2D eigenvalue weighted by atomic mass is 9.52. The fourth-order valence-corrected chi connectivity index (χ4v) is 5.49. The molecule has 1 heterocycles. The second kappa shape index (κ2) is 5.56. The fourth-order valence-electron chi connectivity index (χ4n) is 5.49. The second-order valence-electron chi connectivity index (χ2n) is 7.68. The van der Waals surface area contributed by atoms with Gasteiger partial charge in [-0.05, 0) is 74.9 Å². The van der Waals surface area contributed by atoms with E-state index in [1.165, 1.54) is 45.1 Å². The lowest BCUT2D eigenvalue weighted by Gasteiger charge is -2.58. The summed E-state index contributed by atoms with van der Waals surface area (Å²) in [6, 6.07) is 7.73. The van der Waals surface area contributed by atoms with Crippen molar-refractivity contribution in [3.63, 3.8) is 0 Å². The number of hydrogen-bond donors (Lipinski definition) is 0. The zero-order valence-electron chi connectivity index (χ0n) is 14.1. The molecule has 0 radical (unpaired) electrons. The molecule has 0 unspecified atom stereocenters. The number of rotatable bonds is 3. The maximum absolute atomic E-state index is 5.95. The SMILES string of the molecule is CCCOc1ccc2c(c1)[C@]13CCCC[C@@H]1[C@H](C2)N(C)CC3. The standard InChI is InChI=1S/C20H29NO/c1-3-12-22-16-8-7-15-13-19-17-6-4-5-9-20(17,18(15)14-16)10-11-21(19)2/h7-8,14,17,19H,3-6,9-13H2,1-2H3/t17-,19+,20+/m1/s1. The van der Waals surface area contributed by atoms with E-state index in [0.29, 0.717) is 5.41 Å². The van der Waals surface area contributed by atoms with Gasteiger partial charge >= 0.3 is 0 Å². The van der Waals surface area contributed by atoms with Gasteiger partial charge in [-0.2, -0.15) is 0 Å². The van der Waals surface area contributed by atoms with Crippen LogP contribution in [-0.4, -0.2) is 31.1 Å². The molecule has 0 amide bonds. The molecule has 0 aromatic heterocycles. The molecule has 1 saturated heterocycles. The van der Waals surface area contributed by atoms with Crippen molar-refractivity contribution in [1.29, 1.82) is 0 Å². The summed E-state index contributed by atoms with van der Waals surface area (Å²) in [4.78, 5) is 2.64. The summed E-state index contributed by atoms with van der Waals surface area (Å²) >= 11 is 0. The molecule has 0 spiro atoms. The van der Waals surface area contributed by atoms with E-state index < -0.39 is 0 Å². The van der Waals surface area contributed by atoms with Crippen molar-refractivity contribution in [2.45, 2.75) is 63.3 Å². The second-order valence-corrected chi connectivity index (χ2v) is 7.68. The predicted molar refractivity (Wildman–Crippen MR) is 90.6 cm³/mol. The quantitative estimate of drug-likeness (QED) is 0.831. The molecule has 3 aliphatic rings. The van der Waals surface area contributed by atoms with Crippen molar-refractivity contribution in [1.82, 2.24) is 4.90 Å². The topological polar surface area (TPSA) is 12.5 Å². The molecule has 2 fully saturated rings. The van der Waals surface area contributed by atoms with Crippen LogP contribution >= 0.6 is 0 Å². The molecule has 2 bridgehead atoms. The zero-order chi connectivity index (χ0) is 15.2. The van der Waals surface area contributed by atoms with Crippen LogP contribution in [0.4, 0.5) is 0 Å². The average Bonchev–Trinajstić information content (AvgIpc) is 2.56. The lowest BCUT2D eigenvalue weighted by Crippen LogP contribution is -2.59. The maximum Gasteiger partial charge on any atom is 0.119 e. The molecule has 1 aromatic carbocycles. The van der Waals surface area contributed by atoms with E-state index in [2.05, 4.69) is 37.1 Å². The summed E-state index contributed by atoms with van der Waals surface area (Å²) in [6.07, 6.45) is 9.32. The summed E-state index contributed by atoms with van der Waals surface area (Å²) in [5.74, 6) is 1.96. The highest BCUT2D eigenvalue weighted by Crippen LogP contribution is 2.55. The molecule has 2 nitrogen and oxygen atoms in total. The van der Waals surface area contributed by atoms with Crippen LogP contribution in [0.2, 0.25) is 0 Å². The first-order valence-corrected chi connectivity index (χ1v) is 9.21. The molecule has 0 N–H and O–H groups in total. The molecule has 3 atom stereocenters.